The van der Waals surface area contributed by atoms with Crippen LogP contribution < -0.4 is 5.73 Å². The van der Waals surface area contributed by atoms with E-state index in [0.717, 1.165) is 16.7 Å². The van der Waals surface area contributed by atoms with E-state index in [4.69, 9.17) is 22.6 Å². The van der Waals surface area contributed by atoms with Crippen molar-refractivity contribution in [3.63, 3.8) is 0 Å². The fourth-order valence-corrected chi connectivity index (χ4v) is 1.89. The Morgan fingerprint density at radius 3 is 2.94 bits per heavy atom. The Morgan fingerprint density at radius 2 is 2.29 bits per heavy atom. The molecule has 0 unspecified atom stereocenters. The lowest BCUT2D eigenvalue weighted by Gasteiger charge is -2.03. The zero-order valence-electron chi connectivity index (χ0n) is 9.10. The first-order valence-corrected chi connectivity index (χ1v) is 5.50. The van der Waals surface area contributed by atoms with Gasteiger partial charge < -0.3 is 5.73 Å². The number of halogens is 1. The minimum absolute atomic E-state index is 0.235. The summed E-state index contributed by atoms with van der Waals surface area (Å²) in [5.41, 5.74) is 8.32. The Hall–Kier alpha value is -1.83. The average Bonchev–Trinajstić information content (AvgIpc) is 2.78. The molecule has 0 aliphatic rings. The molecule has 1 heterocycles. The molecule has 0 atom stereocenters. The van der Waals surface area contributed by atoms with Gasteiger partial charge in [-0.1, -0.05) is 23.7 Å². The molecule has 0 saturated heterocycles. The minimum atomic E-state index is 0.235. The summed E-state index contributed by atoms with van der Waals surface area (Å²) < 4.78 is 1.57. The second-order valence-corrected chi connectivity index (χ2v) is 4.01. The number of nitrogens with zero attached hydrogens (tertiary/aromatic N) is 3. The number of hydrogen-bond acceptors (Lipinski definition) is 3. The molecule has 0 aliphatic heterocycles. The van der Waals surface area contributed by atoms with Gasteiger partial charge in [0.1, 0.15) is 6.54 Å². The average molecular weight is 247 g/mol. The molecule has 0 amide bonds. The number of aromatic nitrogens is 2. The van der Waals surface area contributed by atoms with E-state index in [1.165, 1.54) is 0 Å². The molecule has 1 aromatic carbocycles. The van der Waals surface area contributed by atoms with Gasteiger partial charge in [-0.25, -0.2) is 0 Å². The van der Waals surface area contributed by atoms with Crippen molar-refractivity contribution in [3.05, 3.63) is 41.2 Å². The summed E-state index contributed by atoms with van der Waals surface area (Å²) in [6.45, 7) is 0.701. The van der Waals surface area contributed by atoms with E-state index in [9.17, 15) is 0 Å². The molecule has 0 aliphatic carbocycles. The van der Waals surface area contributed by atoms with Gasteiger partial charge in [0, 0.05) is 28.9 Å². The fraction of sp³-hybridized carbons (Fsp3) is 0.167. The van der Waals surface area contributed by atoms with Gasteiger partial charge >= 0.3 is 0 Å². The van der Waals surface area contributed by atoms with Gasteiger partial charge in [0.05, 0.1) is 12.3 Å². The van der Waals surface area contributed by atoms with Crippen LogP contribution in [0.2, 0.25) is 5.02 Å². The molecule has 2 N–H and O–H groups in total. The van der Waals surface area contributed by atoms with Gasteiger partial charge in [0.25, 0.3) is 0 Å². The van der Waals surface area contributed by atoms with Crippen molar-refractivity contribution in [1.29, 1.82) is 5.26 Å². The summed E-state index contributed by atoms with van der Waals surface area (Å²) in [5, 5.41) is 13.3. The standard InChI is InChI=1S/C12H11ClN4/c13-12-5-9(6-15)1-2-11(12)10-7-16-17(8-10)4-3-14/h1-2,5,7-8H,4,6,15H2. The van der Waals surface area contributed by atoms with Crippen LogP contribution in [0.25, 0.3) is 11.1 Å². The third kappa shape index (κ3) is 2.47. The van der Waals surface area contributed by atoms with Crippen molar-refractivity contribution < 1.29 is 0 Å². The highest BCUT2D eigenvalue weighted by atomic mass is 35.5. The number of nitriles is 1. The Morgan fingerprint density at radius 1 is 1.47 bits per heavy atom. The fourth-order valence-electron chi connectivity index (χ4n) is 1.58. The van der Waals surface area contributed by atoms with E-state index in [1.807, 2.05) is 24.3 Å². The van der Waals surface area contributed by atoms with Crippen LogP contribution in [0, 0.1) is 11.3 Å². The van der Waals surface area contributed by atoms with E-state index in [2.05, 4.69) is 5.10 Å². The van der Waals surface area contributed by atoms with Gasteiger partial charge in [0.2, 0.25) is 0 Å². The summed E-state index contributed by atoms with van der Waals surface area (Å²) in [6, 6.07) is 7.73. The van der Waals surface area contributed by atoms with Crippen molar-refractivity contribution in [1.82, 2.24) is 9.78 Å². The molecule has 0 radical (unpaired) electrons. The van der Waals surface area contributed by atoms with Crippen LogP contribution in [0.5, 0.6) is 0 Å². The van der Waals surface area contributed by atoms with Gasteiger partial charge in [-0.2, -0.15) is 10.4 Å². The first-order chi connectivity index (χ1) is 8.24. The smallest absolute Gasteiger partial charge is 0.128 e. The molecule has 0 spiro atoms. The maximum Gasteiger partial charge on any atom is 0.128 e. The van der Waals surface area contributed by atoms with Crippen LogP contribution in [0.1, 0.15) is 5.56 Å². The molecule has 0 saturated carbocycles. The second kappa shape index (κ2) is 5.00. The molecule has 2 rings (SSSR count). The van der Waals surface area contributed by atoms with Crippen molar-refractivity contribution in [2.75, 3.05) is 0 Å². The number of nitrogens with two attached hydrogens (primary N) is 1. The summed E-state index contributed by atoms with van der Waals surface area (Å²) >= 11 is 6.17. The van der Waals surface area contributed by atoms with Crippen molar-refractivity contribution in [2.45, 2.75) is 13.1 Å². The summed E-state index contributed by atoms with van der Waals surface area (Å²) in [7, 11) is 0. The van der Waals surface area contributed by atoms with E-state index in [0.29, 0.717) is 11.6 Å². The predicted molar refractivity (Wildman–Crippen MR) is 66.2 cm³/mol. The third-order valence-corrected chi connectivity index (χ3v) is 2.76. The van der Waals surface area contributed by atoms with Crippen molar-refractivity contribution >= 4 is 11.6 Å². The van der Waals surface area contributed by atoms with Crippen molar-refractivity contribution in [3.8, 4) is 17.2 Å². The molecule has 0 bridgehead atoms. The maximum absolute atomic E-state index is 8.57. The van der Waals surface area contributed by atoms with Crippen LogP contribution in [-0.2, 0) is 13.1 Å². The first kappa shape index (κ1) is 11.6. The van der Waals surface area contributed by atoms with Gasteiger partial charge in [0.15, 0.2) is 0 Å². The van der Waals surface area contributed by atoms with Gasteiger partial charge in [-0.05, 0) is 11.6 Å². The number of benzene rings is 1. The summed E-state index contributed by atoms with van der Waals surface area (Å²) in [4.78, 5) is 0. The number of hydrogen-bond donors (Lipinski definition) is 1. The van der Waals surface area contributed by atoms with Crippen LogP contribution in [0.3, 0.4) is 0 Å². The van der Waals surface area contributed by atoms with Gasteiger partial charge in [-0.15, -0.1) is 0 Å². The molecular weight excluding hydrogens is 236 g/mol. The van der Waals surface area contributed by atoms with Crippen LogP contribution in [0.15, 0.2) is 30.6 Å². The zero-order chi connectivity index (χ0) is 12.3. The quantitative estimate of drug-likeness (QED) is 0.903. The van der Waals surface area contributed by atoms with Crippen molar-refractivity contribution in [2.24, 2.45) is 5.73 Å². The molecule has 1 aromatic heterocycles. The van der Waals surface area contributed by atoms with E-state index in [1.54, 1.807) is 17.1 Å². The van der Waals surface area contributed by atoms with E-state index in [-0.39, 0.29) is 6.54 Å². The van der Waals surface area contributed by atoms with Gasteiger partial charge in [-0.3, -0.25) is 4.68 Å². The molecule has 0 fully saturated rings. The molecule has 2 aromatic rings. The topological polar surface area (TPSA) is 67.6 Å². The maximum atomic E-state index is 8.57. The SMILES string of the molecule is N#CCn1cc(-c2ccc(CN)cc2Cl)cn1. The zero-order valence-corrected chi connectivity index (χ0v) is 9.85. The summed E-state index contributed by atoms with van der Waals surface area (Å²) in [6.07, 6.45) is 3.49. The lowest BCUT2D eigenvalue weighted by molar-refractivity contribution is 0.710. The highest BCUT2D eigenvalue weighted by Gasteiger charge is 2.06. The molecule has 5 heteroatoms. The third-order valence-electron chi connectivity index (χ3n) is 2.45. The molecular formula is C12H11ClN4. The lowest BCUT2D eigenvalue weighted by Crippen LogP contribution is -1.96. The van der Waals surface area contributed by atoms with Crippen LogP contribution in [-0.4, -0.2) is 9.78 Å². The normalized spacial score (nSPS) is 10.2. The van der Waals surface area contributed by atoms with E-state index >= 15 is 0 Å². The molecule has 86 valence electrons. The Bertz CT molecular complexity index is 568. The minimum Gasteiger partial charge on any atom is -0.326 e. The number of rotatable bonds is 3. The van der Waals surface area contributed by atoms with E-state index < -0.39 is 0 Å². The molecule has 17 heavy (non-hydrogen) atoms. The Balaban J connectivity index is 2.36. The highest BCUT2D eigenvalue weighted by molar-refractivity contribution is 6.33. The largest absolute Gasteiger partial charge is 0.326 e. The second-order valence-electron chi connectivity index (χ2n) is 3.60. The Kier molecular flexibility index (Phi) is 3.43. The summed E-state index contributed by atoms with van der Waals surface area (Å²) in [5.74, 6) is 0. The monoisotopic (exact) mass is 246 g/mol. The Labute approximate surface area is 104 Å². The highest BCUT2D eigenvalue weighted by Crippen LogP contribution is 2.28. The van der Waals surface area contributed by atoms with Crippen LogP contribution in [0.4, 0.5) is 0 Å². The first-order valence-electron chi connectivity index (χ1n) is 5.13. The van der Waals surface area contributed by atoms with Crippen LogP contribution >= 0.6 is 11.6 Å². The predicted octanol–water partition coefficient (Wildman–Crippen LogP) is 2.19. The molecule has 4 nitrogen and oxygen atoms in total. The lowest BCUT2D eigenvalue weighted by atomic mass is 10.1.